The first-order valence-electron chi connectivity index (χ1n) is 8.70. The molecule has 4 aromatic rings. The lowest BCUT2D eigenvalue weighted by Gasteiger charge is -2.06. The molecular weight excluding hydrogens is 376 g/mol. The summed E-state index contributed by atoms with van der Waals surface area (Å²) in [6.07, 6.45) is 0.270. The fourth-order valence-electron chi connectivity index (χ4n) is 2.89. The molecular formula is C22H17ClN2O3. The number of nitrogens with zero attached hydrogens (tertiary/aromatic N) is 1. The van der Waals surface area contributed by atoms with E-state index < -0.39 is 0 Å². The minimum atomic E-state index is -0.112. The van der Waals surface area contributed by atoms with Crippen LogP contribution in [0, 0.1) is 0 Å². The second-order valence-electron chi connectivity index (χ2n) is 6.25. The number of fused-ring (bicyclic) bond motifs is 1. The average molecular weight is 393 g/mol. The monoisotopic (exact) mass is 392 g/mol. The third-order valence-electron chi connectivity index (χ3n) is 4.30. The van der Waals surface area contributed by atoms with Gasteiger partial charge in [0, 0.05) is 5.69 Å². The average Bonchev–Trinajstić information content (AvgIpc) is 3.12. The van der Waals surface area contributed by atoms with Crippen LogP contribution in [-0.2, 0) is 11.2 Å². The van der Waals surface area contributed by atoms with Crippen LogP contribution in [0.25, 0.3) is 22.6 Å². The Morgan fingerprint density at radius 2 is 1.89 bits per heavy atom. The third-order valence-corrected chi connectivity index (χ3v) is 4.63. The zero-order chi connectivity index (χ0) is 19.5. The molecule has 5 nitrogen and oxygen atoms in total. The van der Waals surface area contributed by atoms with Crippen LogP contribution in [0.3, 0.4) is 0 Å². The van der Waals surface area contributed by atoms with Gasteiger partial charge in [-0.1, -0.05) is 35.9 Å². The van der Waals surface area contributed by atoms with Gasteiger partial charge in [-0.2, -0.15) is 0 Å². The summed E-state index contributed by atoms with van der Waals surface area (Å²) in [5.74, 6) is 1.09. The Balaban J connectivity index is 1.51. The highest BCUT2D eigenvalue weighted by Gasteiger charge is 2.12. The number of carbonyl (C=O) groups is 1. The quantitative estimate of drug-likeness (QED) is 0.498. The molecule has 0 bridgehead atoms. The molecule has 0 saturated heterocycles. The first-order chi connectivity index (χ1) is 13.6. The van der Waals surface area contributed by atoms with Crippen molar-refractivity contribution in [3.05, 3.63) is 77.3 Å². The fourth-order valence-corrected chi connectivity index (χ4v) is 3.11. The molecule has 0 radical (unpaired) electrons. The summed E-state index contributed by atoms with van der Waals surface area (Å²) in [5, 5.41) is 3.47. The SMILES string of the molecule is COc1ccc(CC(=O)Nc2ccc3oc(-c4ccccc4Cl)nc3c2)cc1. The van der Waals surface area contributed by atoms with Crippen LogP contribution in [0.4, 0.5) is 5.69 Å². The van der Waals surface area contributed by atoms with Gasteiger partial charge in [-0.3, -0.25) is 4.79 Å². The molecule has 4 rings (SSSR count). The number of oxazole rings is 1. The largest absolute Gasteiger partial charge is 0.497 e. The standard InChI is InChI=1S/C22H17ClN2O3/c1-27-16-9-6-14(7-10-16)12-21(26)24-15-8-11-20-19(13-15)25-22(28-20)17-4-2-3-5-18(17)23/h2-11,13H,12H2,1H3,(H,24,26). The van der Waals surface area contributed by atoms with Crippen LogP contribution in [0.2, 0.25) is 5.02 Å². The van der Waals surface area contributed by atoms with Crippen LogP contribution < -0.4 is 10.1 Å². The molecule has 1 N–H and O–H groups in total. The number of anilines is 1. The molecule has 28 heavy (non-hydrogen) atoms. The van der Waals surface area contributed by atoms with Gasteiger partial charge in [-0.15, -0.1) is 0 Å². The number of ether oxygens (including phenoxy) is 1. The van der Waals surface area contributed by atoms with E-state index in [-0.39, 0.29) is 12.3 Å². The molecule has 0 atom stereocenters. The van der Waals surface area contributed by atoms with Crippen molar-refractivity contribution in [1.82, 2.24) is 4.98 Å². The van der Waals surface area contributed by atoms with Crippen LogP contribution >= 0.6 is 11.6 Å². The van der Waals surface area contributed by atoms with Gasteiger partial charge < -0.3 is 14.5 Å². The molecule has 6 heteroatoms. The number of amides is 1. The van der Waals surface area contributed by atoms with Crippen molar-refractivity contribution in [3.8, 4) is 17.2 Å². The summed E-state index contributed by atoms with van der Waals surface area (Å²) in [4.78, 5) is 16.8. The lowest BCUT2D eigenvalue weighted by Crippen LogP contribution is -2.14. The number of carbonyl (C=O) groups excluding carboxylic acids is 1. The summed E-state index contributed by atoms with van der Waals surface area (Å²) in [7, 11) is 1.61. The number of aromatic nitrogens is 1. The van der Waals surface area contributed by atoms with Gasteiger partial charge in [0.05, 0.1) is 24.1 Å². The smallest absolute Gasteiger partial charge is 0.228 e. The van der Waals surface area contributed by atoms with Gasteiger partial charge in [0.1, 0.15) is 11.3 Å². The Labute approximate surface area is 166 Å². The molecule has 0 unspecified atom stereocenters. The van der Waals surface area contributed by atoms with Crippen molar-refractivity contribution in [2.24, 2.45) is 0 Å². The maximum Gasteiger partial charge on any atom is 0.228 e. The third kappa shape index (κ3) is 3.85. The summed E-state index contributed by atoms with van der Waals surface area (Å²) in [6, 6.07) is 20.1. The first-order valence-corrected chi connectivity index (χ1v) is 9.08. The second-order valence-corrected chi connectivity index (χ2v) is 6.66. The minimum absolute atomic E-state index is 0.112. The molecule has 1 aromatic heterocycles. The van der Waals surface area contributed by atoms with Gasteiger partial charge in [0.25, 0.3) is 0 Å². The molecule has 0 aliphatic rings. The van der Waals surface area contributed by atoms with Crippen molar-refractivity contribution in [1.29, 1.82) is 0 Å². The van der Waals surface area contributed by atoms with Gasteiger partial charge in [0.2, 0.25) is 11.8 Å². The van der Waals surface area contributed by atoms with Gasteiger partial charge in [-0.05, 0) is 48.0 Å². The Bertz CT molecular complexity index is 1140. The number of nitrogens with one attached hydrogen (secondary N) is 1. The Hall–Kier alpha value is -3.31. The Kier molecular flexibility index (Phi) is 5.00. The Morgan fingerprint density at radius 1 is 1.11 bits per heavy atom. The van der Waals surface area contributed by atoms with Gasteiger partial charge in [-0.25, -0.2) is 4.98 Å². The van der Waals surface area contributed by atoms with E-state index >= 15 is 0 Å². The molecule has 1 heterocycles. The van der Waals surface area contributed by atoms with Crippen LogP contribution in [-0.4, -0.2) is 18.0 Å². The highest BCUT2D eigenvalue weighted by atomic mass is 35.5. The normalized spacial score (nSPS) is 10.8. The van der Waals surface area contributed by atoms with Gasteiger partial charge in [0.15, 0.2) is 5.58 Å². The number of halogens is 1. The lowest BCUT2D eigenvalue weighted by atomic mass is 10.1. The minimum Gasteiger partial charge on any atom is -0.497 e. The van der Waals surface area contributed by atoms with E-state index in [0.717, 1.165) is 16.9 Å². The van der Waals surface area contributed by atoms with E-state index in [4.69, 9.17) is 20.8 Å². The molecule has 0 aliphatic heterocycles. The van der Waals surface area contributed by atoms with E-state index in [2.05, 4.69) is 10.3 Å². The highest BCUT2D eigenvalue weighted by molar-refractivity contribution is 6.33. The number of benzene rings is 3. The van der Waals surface area contributed by atoms with Crippen molar-refractivity contribution in [2.75, 3.05) is 12.4 Å². The predicted octanol–water partition coefficient (Wildman–Crippen LogP) is 5.34. The summed E-state index contributed by atoms with van der Waals surface area (Å²) < 4.78 is 10.9. The topological polar surface area (TPSA) is 64.4 Å². The first kappa shape index (κ1) is 18.1. The van der Waals surface area contributed by atoms with E-state index in [1.807, 2.05) is 42.5 Å². The zero-order valence-corrected chi connectivity index (χ0v) is 15.9. The molecule has 3 aromatic carbocycles. The van der Waals surface area contributed by atoms with E-state index in [9.17, 15) is 4.79 Å². The van der Waals surface area contributed by atoms with Crippen LogP contribution in [0.5, 0.6) is 5.75 Å². The molecule has 0 aliphatic carbocycles. The number of methoxy groups -OCH3 is 1. The highest BCUT2D eigenvalue weighted by Crippen LogP contribution is 2.30. The maximum atomic E-state index is 12.3. The number of hydrogen-bond donors (Lipinski definition) is 1. The van der Waals surface area contributed by atoms with Crippen LogP contribution in [0.15, 0.2) is 71.1 Å². The van der Waals surface area contributed by atoms with E-state index in [0.29, 0.717) is 27.7 Å². The summed E-state index contributed by atoms with van der Waals surface area (Å²) in [6.45, 7) is 0. The summed E-state index contributed by atoms with van der Waals surface area (Å²) >= 11 is 6.22. The molecule has 0 spiro atoms. The van der Waals surface area contributed by atoms with Crippen LogP contribution in [0.1, 0.15) is 5.56 Å². The molecule has 1 amide bonds. The number of rotatable bonds is 5. The second kappa shape index (κ2) is 7.74. The van der Waals surface area contributed by atoms with E-state index in [1.54, 1.807) is 31.4 Å². The predicted molar refractivity (Wildman–Crippen MR) is 110 cm³/mol. The van der Waals surface area contributed by atoms with Crippen molar-refractivity contribution < 1.29 is 13.9 Å². The number of hydrogen-bond acceptors (Lipinski definition) is 4. The van der Waals surface area contributed by atoms with Gasteiger partial charge >= 0.3 is 0 Å². The molecule has 0 fully saturated rings. The fraction of sp³-hybridized carbons (Fsp3) is 0.0909. The van der Waals surface area contributed by atoms with E-state index in [1.165, 1.54) is 0 Å². The molecule has 140 valence electrons. The van der Waals surface area contributed by atoms with Crippen molar-refractivity contribution >= 4 is 34.3 Å². The lowest BCUT2D eigenvalue weighted by molar-refractivity contribution is -0.115. The summed E-state index contributed by atoms with van der Waals surface area (Å²) in [5.41, 5.74) is 3.57. The molecule has 0 saturated carbocycles. The maximum absolute atomic E-state index is 12.3. The van der Waals surface area contributed by atoms with Crippen molar-refractivity contribution in [3.63, 3.8) is 0 Å². The Morgan fingerprint density at radius 3 is 2.64 bits per heavy atom. The zero-order valence-electron chi connectivity index (χ0n) is 15.1. The van der Waals surface area contributed by atoms with Crippen molar-refractivity contribution in [2.45, 2.75) is 6.42 Å².